The number of nitrogens with zero attached hydrogens (tertiary/aromatic N) is 1. The second-order valence-electron chi connectivity index (χ2n) is 13.1. The molecule has 0 spiro atoms. The Morgan fingerprint density at radius 3 is 1.65 bits per heavy atom. The van der Waals surface area contributed by atoms with Crippen LogP contribution in [0.5, 0.6) is 23.0 Å². The van der Waals surface area contributed by atoms with E-state index in [0.29, 0.717) is 0 Å². The third kappa shape index (κ3) is 3.31. The monoisotopic (exact) mass is 631 g/mol. The van der Waals surface area contributed by atoms with Crippen LogP contribution >= 0.6 is 0 Å². The minimum atomic E-state index is -2.56. The second kappa shape index (κ2) is 8.08. The molecule has 40 heavy (non-hydrogen) atoms. The van der Waals surface area contributed by atoms with Crippen molar-refractivity contribution in [2.75, 3.05) is 4.90 Å². The molecule has 0 atom stereocenters. The summed E-state index contributed by atoms with van der Waals surface area (Å²) in [5.41, 5.74) is 6.13. The Morgan fingerprint density at radius 1 is 0.550 bits per heavy atom. The van der Waals surface area contributed by atoms with Gasteiger partial charge in [-0.15, -0.1) is 0 Å². The molecule has 3 nitrogen and oxygen atoms in total. The first-order chi connectivity index (χ1) is 19.1. The molecular formula is C36H32NO2Sb. The molecule has 0 amide bonds. The molecule has 0 unspecified atom stereocenters. The molecular weight excluding hydrogens is 600 g/mol. The Balaban J connectivity index is 1.51. The van der Waals surface area contributed by atoms with Crippen LogP contribution in [0.1, 0.15) is 52.7 Å². The van der Waals surface area contributed by atoms with Crippen molar-refractivity contribution in [3.05, 3.63) is 96.1 Å². The molecule has 0 radical (unpaired) electrons. The van der Waals surface area contributed by atoms with Crippen molar-refractivity contribution >= 4 is 58.6 Å². The molecule has 0 saturated heterocycles. The van der Waals surface area contributed by atoms with E-state index in [4.69, 9.17) is 9.47 Å². The number of anilines is 3. The Kier molecular flexibility index (Phi) is 4.92. The van der Waals surface area contributed by atoms with Gasteiger partial charge in [0.05, 0.1) is 0 Å². The number of benzene rings is 5. The van der Waals surface area contributed by atoms with Gasteiger partial charge in [-0.3, -0.25) is 0 Å². The van der Waals surface area contributed by atoms with Gasteiger partial charge < -0.3 is 0 Å². The summed E-state index contributed by atoms with van der Waals surface area (Å²) in [6, 6.07) is 31.1. The van der Waals surface area contributed by atoms with Gasteiger partial charge in [-0.05, 0) is 0 Å². The third-order valence-electron chi connectivity index (χ3n) is 8.37. The molecule has 0 aromatic heterocycles. The standard InChI is InChI=1S/C36H32NO2.Sb/c1-35(2,3)31-18-16-27-21-33(31)38-29-12-9-13-30(23-29)39-34-22-28(17-19-32(34)36(4,5)6)37(27)26-15-14-24-10-7-8-11-25(24)20-26;/h7-20H,1-6H3;. The molecule has 0 bridgehead atoms. The quantitative estimate of drug-likeness (QED) is 0.172. The first-order valence-corrected chi connectivity index (χ1v) is 17.9. The zero-order chi connectivity index (χ0) is 27.6. The fourth-order valence-electron chi connectivity index (χ4n) is 6.47. The Hall–Kier alpha value is -3.42. The number of fused-ring (bicyclic) bond motifs is 1. The Morgan fingerprint density at radius 2 is 1.10 bits per heavy atom. The summed E-state index contributed by atoms with van der Waals surface area (Å²) in [5, 5.41) is 2.49. The van der Waals surface area contributed by atoms with Crippen LogP contribution in [0.2, 0.25) is 0 Å². The Labute approximate surface area is 243 Å². The molecule has 5 aromatic rings. The van der Waals surface area contributed by atoms with Crippen molar-refractivity contribution in [1.82, 2.24) is 0 Å². The van der Waals surface area contributed by atoms with Gasteiger partial charge in [0, 0.05) is 0 Å². The van der Waals surface area contributed by atoms with Gasteiger partial charge in [0.15, 0.2) is 0 Å². The van der Waals surface area contributed by atoms with Gasteiger partial charge in [-0.25, -0.2) is 0 Å². The van der Waals surface area contributed by atoms with Crippen LogP contribution in [0, 0.1) is 0 Å². The predicted octanol–water partition coefficient (Wildman–Crippen LogP) is 7.95. The third-order valence-corrected chi connectivity index (χ3v) is 15.9. The van der Waals surface area contributed by atoms with Crippen molar-refractivity contribution < 1.29 is 9.47 Å². The van der Waals surface area contributed by atoms with Crippen LogP contribution in [-0.2, 0) is 10.8 Å². The molecule has 0 fully saturated rings. The summed E-state index contributed by atoms with van der Waals surface area (Å²) in [6.45, 7) is 13.7. The first kappa shape index (κ1) is 24.4. The number of ether oxygens (including phenoxy) is 2. The normalized spacial score (nSPS) is 15.0. The molecule has 3 aliphatic rings. The van der Waals surface area contributed by atoms with Gasteiger partial charge in [0.1, 0.15) is 0 Å². The average molecular weight is 632 g/mol. The van der Waals surface area contributed by atoms with Gasteiger partial charge in [-0.1, -0.05) is 0 Å². The van der Waals surface area contributed by atoms with Crippen molar-refractivity contribution in [1.29, 1.82) is 0 Å². The van der Waals surface area contributed by atoms with E-state index in [9.17, 15) is 0 Å². The number of rotatable bonds is 1. The van der Waals surface area contributed by atoms with E-state index in [0.717, 1.165) is 23.0 Å². The van der Waals surface area contributed by atoms with Gasteiger partial charge >= 0.3 is 244 Å². The van der Waals surface area contributed by atoms with Crippen LogP contribution < -0.4 is 24.9 Å². The van der Waals surface area contributed by atoms with Crippen molar-refractivity contribution in [3.63, 3.8) is 0 Å². The van der Waals surface area contributed by atoms with Gasteiger partial charge in [-0.2, -0.15) is 0 Å². The van der Waals surface area contributed by atoms with Crippen LogP contribution in [0.15, 0.2) is 84.9 Å². The van der Waals surface area contributed by atoms with Crippen LogP contribution in [0.4, 0.5) is 17.1 Å². The van der Waals surface area contributed by atoms with Gasteiger partial charge in [0.25, 0.3) is 0 Å². The van der Waals surface area contributed by atoms with Gasteiger partial charge in [0.2, 0.25) is 0 Å². The van der Waals surface area contributed by atoms with E-state index in [2.05, 4.69) is 131 Å². The van der Waals surface area contributed by atoms with E-state index in [1.165, 1.54) is 49.5 Å². The topological polar surface area (TPSA) is 21.7 Å². The maximum atomic E-state index is 6.90. The fraction of sp³-hybridized carbons (Fsp3) is 0.222. The van der Waals surface area contributed by atoms with Crippen molar-refractivity contribution in [2.24, 2.45) is 0 Å². The second-order valence-corrected chi connectivity index (χ2v) is 18.9. The molecule has 8 rings (SSSR count). The van der Waals surface area contributed by atoms with E-state index >= 15 is 0 Å². The van der Waals surface area contributed by atoms with E-state index in [1.807, 2.05) is 0 Å². The summed E-state index contributed by atoms with van der Waals surface area (Å²) in [5.74, 6) is 4.10. The van der Waals surface area contributed by atoms with E-state index in [1.54, 1.807) is 0 Å². The number of hydrogen-bond donors (Lipinski definition) is 0. The predicted molar refractivity (Wildman–Crippen MR) is 167 cm³/mol. The SMILES string of the molecule is CC(C)(C)c1ccc2[c]3c1Oc1cccc4[c]1[Sb]3[c]1c(ccc(C(C)(C)C)c1O4)N2c1ccc2ccccc2c1. The van der Waals surface area contributed by atoms with Crippen molar-refractivity contribution in [2.45, 2.75) is 52.4 Å². The van der Waals surface area contributed by atoms with Crippen LogP contribution in [0.25, 0.3) is 10.8 Å². The van der Waals surface area contributed by atoms with E-state index < -0.39 is 20.2 Å². The van der Waals surface area contributed by atoms with Crippen molar-refractivity contribution in [3.8, 4) is 23.0 Å². The Bertz CT molecular complexity index is 1800. The zero-order valence-corrected chi connectivity index (χ0v) is 26.3. The molecule has 0 aliphatic carbocycles. The first-order valence-electron chi connectivity index (χ1n) is 14.0. The van der Waals surface area contributed by atoms with Crippen LogP contribution in [-0.4, -0.2) is 20.2 Å². The molecule has 4 heteroatoms. The summed E-state index contributed by atoms with van der Waals surface area (Å²) in [7, 11) is 0. The number of hydrogen-bond acceptors (Lipinski definition) is 3. The fourth-order valence-corrected chi connectivity index (χ4v) is 14.7. The summed E-state index contributed by atoms with van der Waals surface area (Å²) < 4.78 is 18.0. The zero-order valence-electron chi connectivity index (χ0n) is 23.8. The summed E-state index contributed by atoms with van der Waals surface area (Å²) in [6.07, 6.45) is 0. The van der Waals surface area contributed by atoms with Crippen LogP contribution in [0.3, 0.4) is 0 Å². The molecule has 198 valence electrons. The summed E-state index contributed by atoms with van der Waals surface area (Å²) in [4.78, 5) is 2.47. The summed E-state index contributed by atoms with van der Waals surface area (Å²) >= 11 is -2.56. The molecule has 0 saturated carbocycles. The molecule has 0 N–H and O–H groups in total. The average Bonchev–Trinajstić information content (AvgIpc) is 2.91. The molecule has 3 aliphatic heterocycles. The van der Waals surface area contributed by atoms with E-state index in [-0.39, 0.29) is 10.8 Å². The minimum absolute atomic E-state index is 0.0453. The molecule has 5 aromatic carbocycles. The molecule has 3 heterocycles. The maximum absolute atomic E-state index is 6.90.